The Balaban J connectivity index is 2.68. The van der Waals surface area contributed by atoms with Crippen LogP contribution < -0.4 is 0 Å². The first kappa shape index (κ1) is 16.0. The van der Waals surface area contributed by atoms with Crippen LogP contribution in [0.15, 0.2) is 23.0 Å². The molecule has 0 N–H and O–H groups in total. The van der Waals surface area contributed by atoms with Crippen molar-refractivity contribution in [3.8, 4) is 6.07 Å². The molecule has 2 heteroatoms. The third kappa shape index (κ3) is 4.49. The molecule has 1 aliphatic carbocycles. The van der Waals surface area contributed by atoms with Gasteiger partial charge in [-0.25, -0.2) is 4.39 Å². The van der Waals surface area contributed by atoms with Crippen molar-refractivity contribution in [1.82, 2.24) is 0 Å². The molecule has 0 unspecified atom stereocenters. The average molecular weight is 263 g/mol. The van der Waals surface area contributed by atoms with Crippen LogP contribution in [0.25, 0.3) is 0 Å². The van der Waals surface area contributed by atoms with Crippen LogP contribution in [0.2, 0.25) is 0 Å². The Morgan fingerprint density at radius 2 is 1.89 bits per heavy atom. The van der Waals surface area contributed by atoms with E-state index >= 15 is 0 Å². The first-order chi connectivity index (χ1) is 8.99. The highest BCUT2D eigenvalue weighted by Gasteiger charge is 2.24. The minimum Gasteiger partial charge on any atom is -0.206 e. The Hall–Kier alpha value is -1.10. The predicted molar refractivity (Wildman–Crippen MR) is 78.1 cm³/mol. The van der Waals surface area contributed by atoms with E-state index < -0.39 is 0 Å². The molecule has 0 aliphatic heterocycles. The van der Waals surface area contributed by atoms with Gasteiger partial charge in [0.2, 0.25) is 0 Å². The molecule has 0 spiro atoms. The molecule has 0 amide bonds. The summed E-state index contributed by atoms with van der Waals surface area (Å²) in [5.41, 5.74) is 1.36. The molecule has 1 fully saturated rings. The van der Waals surface area contributed by atoms with Crippen molar-refractivity contribution < 1.29 is 4.39 Å². The van der Waals surface area contributed by atoms with Gasteiger partial charge in [0, 0.05) is 0 Å². The second-order valence-electron chi connectivity index (χ2n) is 6.04. The summed E-state index contributed by atoms with van der Waals surface area (Å²) in [7, 11) is 0. The summed E-state index contributed by atoms with van der Waals surface area (Å²) in [5, 5.41) is 8.84. The number of rotatable bonds is 4. The molecule has 0 aromatic carbocycles. The normalized spacial score (nSPS) is 26.1. The number of halogens is 1. The fraction of sp³-hybridized carbons (Fsp3) is 0.706. The Labute approximate surface area is 117 Å². The molecule has 1 nitrogen and oxygen atoms in total. The van der Waals surface area contributed by atoms with Crippen molar-refractivity contribution in [2.45, 2.75) is 59.8 Å². The van der Waals surface area contributed by atoms with E-state index in [0.717, 1.165) is 30.3 Å². The maximum atomic E-state index is 13.9. The number of hydrogen-bond donors (Lipinski definition) is 0. The van der Waals surface area contributed by atoms with Crippen LogP contribution in [-0.4, -0.2) is 0 Å². The zero-order chi connectivity index (χ0) is 14.4. The van der Waals surface area contributed by atoms with Crippen molar-refractivity contribution in [2.24, 2.45) is 17.8 Å². The van der Waals surface area contributed by atoms with Gasteiger partial charge in [-0.05, 0) is 62.9 Å². The van der Waals surface area contributed by atoms with E-state index in [2.05, 4.69) is 13.8 Å². The van der Waals surface area contributed by atoms with Crippen molar-refractivity contribution >= 4 is 0 Å². The average Bonchev–Trinajstić information content (AvgIpc) is 2.40. The van der Waals surface area contributed by atoms with Crippen LogP contribution in [0.4, 0.5) is 4.39 Å². The summed E-state index contributed by atoms with van der Waals surface area (Å²) in [5.74, 6) is 1.74. The molecule has 0 bridgehead atoms. The fourth-order valence-electron chi connectivity index (χ4n) is 2.95. The maximum absolute atomic E-state index is 13.9. The molecular formula is C17H26FN. The van der Waals surface area contributed by atoms with Gasteiger partial charge < -0.3 is 0 Å². The smallest absolute Gasteiger partial charge is 0.136 e. The Morgan fingerprint density at radius 3 is 2.32 bits per heavy atom. The maximum Gasteiger partial charge on any atom is 0.136 e. The van der Waals surface area contributed by atoms with Gasteiger partial charge >= 0.3 is 0 Å². The highest BCUT2D eigenvalue weighted by atomic mass is 19.1. The molecule has 0 saturated heterocycles. The lowest BCUT2D eigenvalue weighted by molar-refractivity contribution is 0.242. The molecule has 1 rings (SSSR count). The van der Waals surface area contributed by atoms with E-state index in [1.54, 1.807) is 6.08 Å². The number of hydrogen-bond acceptors (Lipinski definition) is 1. The molecule has 1 aliphatic rings. The number of allylic oxidation sites excluding steroid dienone is 4. The van der Waals surface area contributed by atoms with E-state index in [0.29, 0.717) is 12.3 Å². The quantitative estimate of drug-likeness (QED) is 0.481. The third-order valence-electron chi connectivity index (χ3n) is 4.49. The molecule has 0 heterocycles. The highest BCUT2D eigenvalue weighted by molar-refractivity contribution is 5.32. The van der Waals surface area contributed by atoms with E-state index in [-0.39, 0.29) is 11.4 Å². The van der Waals surface area contributed by atoms with E-state index in [1.807, 2.05) is 19.9 Å². The van der Waals surface area contributed by atoms with Gasteiger partial charge in [0.1, 0.15) is 5.83 Å². The Bertz CT molecular complexity index is 390. The monoisotopic (exact) mass is 263 g/mol. The van der Waals surface area contributed by atoms with Crippen molar-refractivity contribution in [2.75, 3.05) is 0 Å². The van der Waals surface area contributed by atoms with E-state index in [1.165, 1.54) is 12.8 Å². The van der Waals surface area contributed by atoms with Gasteiger partial charge in [-0.1, -0.05) is 26.3 Å². The predicted octanol–water partition coefficient (Wildman–Crippen LogP) is 5.55. The zero-order valence-electron chi connectivity index (χ0n) is 12.7. The molecule has 0 atom stereocenters. The molecule has 19 heavy (non-hydrogen) atoms. The molecule has 0 aromatic rings. The van der Waals surface area contributed by atoms with Crippen molar-refractivity contribution in [3.63, 3.8) is 0 Å². The summed E-state index contributed by atoms with van der Waals surface area (Å²) >= 11 is 0. The summed E-state index contributed by atoms with van der Waals surface area (Å²) in [6, 6.07) is 1.94. The summed E-state index contributed by atoms with van der Waals surface area (Å²) in [6.07, 6.45) is 6.86. The largest absolute Gasteiger partial charge is 0.206 e. The first-order valence-electron chi connectivity index (χ1n) is 7.46. The third-order valence-corrected chi connectivity index (χ3v) is 4.49. The zero-order valence-corrected chi connectivity index (χ0v) is 12.7. The van der Waals surface area contributed by atoms with Crippen LogP contribution in [-0.2, 0) is 0 Å². The van der Waals surface area contributed by atoms with Crippen LogP contribution >= 0.6 is 0 Å². The topological polar surface area (TPSA) is 23.8 Å². The van der Waals surface area contributed by atoms with E-state index in [9.17, 15) is 4.39 Å². The second kappa shape index (κ2) is 7.48. The standard InChI is InChI=1S/C17H26FN/c1-5-14(11-19)17(18)10-13(4)16-8-6-15(7-9-16)12(2)3/h10,12,15-16H,5-9H2,1-4H3/b13-10+,17-14-. The molecule has 0 aromatic heterocycles. The van der Waals surface area contributed by atoms with Crippen LogP contribution in [0.3, 0.4) is 0 Å². The van der Waals surface area contributed by atoms with E-state index in [4.69, 9.17) is 5.26 Å². The Morgan fingerprint density at radius 1 is 1.32 bits per heavy atom. The van der Waals surface area contributed by atoms with Gasteiger partial charge in [0.25, 0.3) is 0 Å². The second-order valence-corrected chi connectivity index (χ2v) is 6.04. The van der Waals surface area contributed by atoms with Gasteiger partial charge in [-0.3, -0.25) is 0 Å². The van der Waals surface area contributed by atoms with Gasteiger partial charge in [0.05, 0.1) is 11.6 Å². The van der Waals surface area contributed by atoms with Gasteiger partial charge in [-0.15, -0.1) is 0 Å². The summed E-state index contributed by atoms with van der Waals surface area (Å²) in [4.78, 5) is 0. The van der Waals surface area contributed by atoms with Crippen molar-refractivity contribution in [3.05, 3.63) is 23.0 Å². The minimum absolute atomic E-state index is 0.259. The highest BCUT2D eigenvalue weighted by Crippen LogP contribution is 2.36. The lowest BCUT2D eigenvalue weighted by Gasteiger charge is -2.31. The van der Waals surface area contributed by atoms with Crippen LogP contribution in [0.1, 0.15) is 59.8 Å². The number of nitriles is 1. The van der Waals surface area contributed by atoms with Gasteiger partial charge in [0.15, 0.2) is 0 Å². The van der Waals surface area contributed by atoms with Crippen LogP contribution in [0, 0.1) is 29.1 Å². The van der Waals surface area contributed by atoms with Crippen LogP contribution in [0.5, 0.6) is 0 Å². The lowest BCUT2D eigenvalue weighted by atomic mass is 9.75. The molecule has 1 saturated carbocycles. The SMILES string of the molecule is CC/C(C#N)=C(F)\C=C(/C)C1CCC(C(C)C)CC1. The van der Waals surface area contributed by atoms with Crippen molar-refractivity contribution in [1.29, 1.82) is 5.26 Å². The molecule has 0 radical (unpaired) electrons. The molecule has 106 valence electrons. The Kier molecular flexibility index (Phi) is 6.28. The summed E-state index contributed by atoms with van der Waals surface area (Å²) < 4.78 is 13.9. The lowest BCUT2D eigenvalue weighted by Crippen LogP contribution is -2.19. The summed E-state index contributed by atoms with van der Waals surface area (Å²) in [6.45, 7) is 8.40. The minimum atomic E-state index is -0.339. The fourth-order valence-corrected chi connectivity index (χ4v) is 2.95. The first-order valence-corrected chi connectivity index (χ1v) is 7.46. The number of nitrogens with zero attached hydrogens (tertiary/aromatic N) is 1. The molecular weight excluding hydrogens is 237 g/mol. The van der Waals surface area contributed by atoms with Gasteiger partial charge in [-0.2, -0.15) is 5.26 Å².